The highest BCUT2D eigenvalue weighted by molar-refractivity contribution is 6.30. The molecule has 0 heterocycles. The zero-order valence-electron chi connectivity index (χ0n) is 16.7. The highest BCUT2D eigenvalue weighted by Gasteiger charge is 2.10. The number of fused-ring (bicyclic) bond motifs is 1. The van der Waals surface area contributed by atoms with Gasteiger partial charge < -0.3 is 10.1 Å². The molecule has 1 unspecified atom stereocenters. The minimum atomic E-state index is 0.214. The molecule has 0 radical (unpaired) electrons. The van der Waals surface area contributed by atoms with Crippen LogP contribution in [0.3, 0.4) is 0 Å². The molecule has 0 aliphatic carbocycles. The molecule has 29 heavy (non-hydrogen) atoms. The van der Waals surface area contributed by atoms with Gasteiger partial charge in [-0.15, -0.1) is 0 Å². The van der Waals surface area contributed by atoms with Crippen molar-refractivity contribution in [1.29, 1.82) is 0 Å². The molecule has 0 saturated carbocycles. The Morgan fingerprint density at radius 3 is 2.55 bits per heavy atom. The van der Waals surface area contributed by atoms with Crippen molar-refractivity contribution in [3.63, 3.8) is 0 Å². The molecule has 4 aromatic carbocycles. The monoisotopic (exact) mass is 401 g/mol. The van der Waals surface area contributed by atoms with E-state index in [0.717, 1.165) is 22.9 Å². The molecule has 0 aliphatic heterocycles. The first-order valence-corrected chi connectivity index (χ1v) is 10.2. The first-order chi connectivity index (χ1) is 14.1. The molecule has 2 nitrogen and oxygen atoms in total. The van der Waals surface area contributed by atoms with Crippen molar-refractivity contribution >= 4 is 22.4 Å². The summed E-state index contributed by atoms with van der Waals surface area (Å²) in [7, 11) is 1.70. The van der Waals surface area contributed by atoms with Gasteiger partial charge in [-0.25, -0.2) is 0 Å². The lowest BCUT2D eigenvalue weighted by molar-refractivity contribution is 0.413. The summed E-state index contributed by atoms with van der Waals surface area (Å²) in [5, 5.41) is 6.86. The Bertz CT molecular complexity index is 1140. The van der Waals surface area contributed by atoms with Crippen molar-refractivity contribution in [1.82, 2.24) is 5.32 Å². The number of methoxy groups -OCH3 is 1. The minimum absolute atomic E-state index is 0.214. The molecule has 0 spiro atoms. The van der Waals surface area contributed by atoms with E-state index in [9.17, 15) is 0 Å². The Balaban J connectivity index is 1.64. The van der Waals surface area contributed by atoms with Crippen molar-refractivity contribution in [3.8, 4) is 16.9 Å². The van der Waals surface area contributed by atoms with Gasteiger partial charge in [-0.05, 0) is 76.3 Å². The lowest BCUT2D eigenvalue weighted by atomic mass is 9.95. The zero-order chi connectivity index (χ0) is 20.2. The Morgan fingerprint density at radius 1 is 0.897 bits per heavy atom. The van der Waals surface area contributed by atoms with E-state index in [1.165, 1.54) is 27.5 Å². The van der Waals surface area contributed by atoms with E-state index in [2.05, 4.69) is 66.8 Å². The number of hydrogen-bond donors (Lipinski definition) is 1. The zero-order valence-corrected chi connectivity index (χ0v) is 17.4. The number of nitrogens with one attached hydrogen (secondary N) is 1. The third kappa shape index (κ3) is 4.45. The fourth-order valence-electron chi connectivity index (χ4n) is 3.67. The molecule has 0 fully saturated rings. The summed E-state index contributed by atoms with van der Waals surface area (Å²) in [5.41, 5.74) is 4.79. The molecule has 0 saturated heterocycles. The highest BCUT2D eigenvalue weighted by Crippen LogP contribution is 2.32. The molecule has 3 heteroatoms. The second kappa shape index (κ2) is 8.69. The maximum Gasteiger partial charge on any atom is 0.119 e. The second-order valence-corrected chi connectivity index (χ2v) is 7.69. The maximum atomic E-state index is 6.26. The Hall–Kier alpha value is -2.81. The highest BCUT2D eigenvalue weighted by atomic mass is 35.5. The van der Waals surface area contributed by atoms with E-state index in [0.29, 0.717) is 0 Å². The topological polar surface area (TPSA) is 21.3 Å². The van der Waals surface area contributed by atoms with Crippen LogP contribution >= 0.6 is 11.6 Å². The summed E-state index contributed by atoms with van der Waals surface area (Å²) < 4.78 is 5.35. The Morgan fingerprint density at radius 2 is 1.72 bits per heavy atom. The Labute approximate surface area is 177 Å². The maximum absolute atomic E-state index is 6.26. The fourth-order valence-corrected chi connectivity index (χ4v) is 3.86. The number of halogens is 1. The number of hydrogen-bond acceptors (Lipinski definition) is 2. The van der Waals surface area contributed by atoms with Crippen LogP contribution in [0.2, 0.25) is 5.02 Å². The van der Waals surface area contributed by atoms with Gasteiger partial charge in [0, 0.05) is 17.6 Å². The van der Waals surface area contributed by atoms with Crippen molar-refractivity contribution in [2.75, 3.05) is 7.11 Å². The molecule has 146 valence electrons. The smallest absolute Gasteiger partial charge is 0.119 e. The summed E-state index contributed by atoms with van der Waals surface area (Å²) in [6.45, 7) is 2.95. The van der Waals surface area contributed by atoms with E-state index >= 15 is 0 Å². The van der Waals surface area contributed by atoms with Crippen molar-refractivity contribution in [2.45, 2.75) is 19.5 Å². The van der Waals surface area contributed by atoms with Crippen LogP contribution < -0.4 is 10.1 Å². The predicted molar refractivity (Wildman–Crippen MR) is 123 cm³/mol. The average Bonchev–Trinajstić information content (AvgIpc) is 2.77. The predicted octanol–water partition coefficient (Wildman–Crippen LogP) is 7.02. The van der Waals surface area contributed by atoms with E-state index in [-0.39, 0.29) is 6.04 Å². The van der Waals surface area contributed by atoms with Crippen LogP contribution in [0, 0.1) is 0 Å². The van der Waals surface area contributed by atoms with Crippen LogP contribution in [-0.2, 0) is 6.54 Å². The van der Waals surface area contributed by atoms with Gasteiger partial charge in [-0.3, -0.25) is 0 Å². The van der Waals surface area contributed by atoms with E-state index in [1.54, 1.807) is 7.11 Å². The van der Waals surface area contributed by atoms with Crippen molar-refractivity contribution in [2.24, 2.45) is 0 Å². The van der Waals surface area contributed by atoms with Crippen LogP contribution in [0.4, 0.5) is 0 Å². The SMILES string of the molecule is COc1cccc(C(C)NCc2cc(-c3cccc(Cl)c3)c3ccccc3c2)c1. The summed E-state index contributed by atoms with van der Waals surface area (Å²) in [5.74, 6) is 0.880. The van der Waals surface area contributed by atoms with Gasteiger partial charge in [0.1, 0.15) is 5.75 Å². The van der Waals surface area contributed by atoms with Crippen LogP contribution in [-0.4, -0.2) is 7.11 Å². The van der Waals surface area contributed by atoms with Gasteiger partial charge in [-0.2, -0.15) is 0 Å². The van der Waals surface area contributed by atoms with Gasteiger partial charge in [0.2, 0.25) is 0 Å². The lowest BCUT2D eigenvalue weighted by Crippen LogP contribution is -2.18. The average molecular weight is 402 g/mol. The van der Waals surface area contributed by atoms with Crippen molar-refractivity contribution < 1.29 is 4.74 Å². The third-order valence-electron chi connectivity index (χ3n) is 5.26. The Kier molecular flexibility index (Phi) is 5.84. The normalized spacial score (nSPS) is 12.1. The molecule has 1 atom stereocenters. The van der Waals surface area contributed by atoms with E-state index in [4.69, 9.17) is 16.3 Å². The second-order valence-electron chi connectivity index (χ2n) is 7.25. The lowest BCUT2D eigenvalue weighted by Gasteiger charge is -2.17. The van der Waals surface area contributed by atoms with Crippen LogP contribution in [0.15, 0.2) is 84.9 Å². The molecule has 4 aromatic rings. The van der Waals surface area contributed by atoms with Gasteiger partial charge in [0.15, 0.2) is 0 Å². The molecular formula is C26H24ClNO. The molecule has 0 amide bonds. The van der Waals surface area contributed by atoms with Crippen LogP contribution in [0.5, 0.6) is 5.75 Å². The van der Waals surface area contributed by atoms with Gasteiger partial charge in [0.25, 0.3) is 0 Å². The van der Waals surface area contributed by atoms with Crippen LogP contribution in [0.25, 0.3) is 21.9 Å². The number of rotatable bonds is 6. The largest absolute Gasteiger partial charge is 0.497 e. The molecule has 4 rings (SSSR count). The minimum Gasteiger partial charge on any atom is -0.497 e. The molecule has 0 bridgehead atoms. The van der Waals surface area contributed by atoms with Crippen molar-refractivity contribution in [3.05, 3.63) is 101 Å². The summed E-state index contributed by atoms with van der Waals surface area (Å²) in [6.07, 6.45) is 0. The standard InChI is InChI=1S/C26H24ClNO/c1-18(20-8-6-11-24(16-20)29-2)28-17-19-13-21-7-3-4-12-25(21)26(14-19)22-9-5-10-23(27)15-22/h3-16,18,28H,17H2,1-2H3. The summed E-state index contributed by atoms with van der Waals surface area (Å²) >= 11 is 6.26. The third-order valence-corrected chi connectivity index (χ3v) is 5.50. The number of benzene rings is 4. The molecule has 0 aliphatic rings. The van der Waals surface area contributed by atoms with E-state index in [1.807, 2.05) is 30.3 Å². The first kappa shape index (κ1) is 19.5. The van der Waals surface area contributed by atoms with E-state index < -0.39 is 0 Å². The number of ether oxygens (including phenoxy) is 1. The fraction of sp³-hybridized carbons (Fsp3) is 0.154. The van der Waals surface area contributed by atoms with Crippen LogP contribution in [0.1, 0.15) is 24.1 Å². The van der Waals surface area contributed by atoms with Gasteiger partial charge in [-0.1, -0.05) is 60.1 Å². The molecular weight excluding hydrogens is 378 g/mol. The quantitative estimate of drug-likeness (QED) is 0.374. The van der Waals surface area contributed by atoms with Gasteiger partial charge in [0.05, 0.1) is 7.11 Å². The summed E-state index contributed by atoms with van der Waals surface area (Å²) in [4.78, 5) is 0. The molecule has 0 aromatic heterocycles. The molecule has 1 N–H and O–H groups in total. The first-order valence-electron chi connectivity index (χ1n) is 9.79. The summed E-state index contributed by atoms with van der Waals surface area (Å²) in [6, 6.07) is 29.5. The van der Waals surface area contributed by atoms with Gasteiger partial charge >= 0.3 is 0 Å².